The van der Waals surface area contributed by atoms with Crippen LogP contribution in [0.4, 0.5) is 4.39 Å². The first-order chi connectivity index (χ1) is 9.41. The Morgan fingerprint density at radius 1 is 1.15 bits per heavy atom. The highest BCUT2D eigenvalue weighted by Gasteiger charge is 2.80. The molecule has 2 N–H and O–H groups in total. The van der Waals surface area contributed by atoms with E-state index < -0.39 is 22.8 Å². The molecular formula is C14H14FNO4. The molecule has 0 bridgehead atoms. The van der Waals surface area contributed by atoms with Crippen LogP contribution < -0.4 is 0 Å². The van der Waals surface area contributed by atoms with Crippen LogP contribution in [0.3, 0.4) is 0 Å². The molecule has 2 aliphatic rings. The molecule has 3 rings (SSSR count). The van der Waals surface area contributed by atoms with Crippen molar-refractivity contribution in [1.29, 1.82) is 0 Å². The number of aliphatic carboxylic acids is 2. The Morgan fingerprint density at radius 3 is 2.20 bits per heavy atom. The molecule has 1 aromatic rings. The molecule has 1 saturated heterocycles. The maximum absolute atomic E-state index is 13.6. The maximum Gasteiger partial charge on any atom is 0.312 e. The van der Waals surface area contributed by atoms with Crippen molar-refractivity contribution in [3.05, 3.63) is 35.6 Å². The van der Waals surface area contributed by atoms with Gasteiger partial charge in [0.05, 0.1) is 10.8 Å². The number of hydrogen-bond donors (Lipinski definition) is 2. The van der Waals surface area contributed by atoms with Crippen molar-refractivity contribution in [2.75, 3.05) is 13.1 Å². The number of carboxylic acids is 2. The monoisotopic (exact) mass is 279 g/mol. The van der Waals surface area contributed by atoms with Gasteiger partial charge in [-0.25, -0.2) is 4.39 Å². The number of fused-ring (bicyclic) bond motifs is 1. The number of benzene rings is 1. The Bertz CT molecular complexity index is 577. The van der Waals surface area contributed by atoms with Crippen molar-refractivity contribution < 1.29 is 24.2 Å². The second-order valence-corrected chi connectivity index (χ2v) is 5.69. The van der Waals surface area contributed by atoms with E-state index in [1.807, 2.05) is 0 Å². The van der Waals surface area contributed by atoms with Crippen molar-refractivity contribution in [2.24, 2.45) is 10.8 Å². The van der Waals surface area contributed by atoms with Gasteiger partial charge in [0.25, 0.3) is 0 Å². The summed E-state index contributed by atoms with van der Waals surface area (Å²) in [4.78, 5) is 24.5. The lowest BCUT2D eigenvalue weighted by atomic mass is 9.97. The van der Waals surface area contributed by atoms with Crippen molar-refractivity contribution in [1.82, 2.24) is 4.90 Å². The molecule has 0 spiro atoms. The van der Waals surface area contributed by atoms with Crippen LogP contribution in [-0.2, 0) is 16.1 Å². The lowest BCUT2D eigenvalue weighted by molar-refractivity contribution is -0.151. The van der Waals surface area contributed by atoms with Gasteiger partial charge in [0, 0.05) is 25.2 Å². The standard InChI is InChI=1S/C14H14FNO4/c15-10-4-2-1-3-9(10)5-16-7-13(11(17)18)6-14(13,8-16)12(19)20/h1-4H,5-8H2,(H,17,18)(H,19,20)/t13-,14+. The first-order valence-corrected chi connectivity index (χ1v) is 6.34. The molecule has 0 aromatic heterocycles. The zero-order valence-corrected chi connectivity index (χ0v) is 10.7. The number of halogens is 1. The highest BCUT2D eigenvalue weighted by Crippen LogP contribution is 2.68. The summed E-state index contributed by atoms with van der Waals surface area (Å²) in [6.07, 6.45) is 0.165. The average Bonchev–Trinajstić information content (AvgIpc) is 2.93. The molecule has 6 heteroatoms. The van der Waals surface area contributed by atoms with E-state index in [2.05, 4.69) is 0 Å². The van der Waals surface area contributed by atoms with Crippen molar-refractivity contribution in [3.63, 3.8) is 0 Å². The first kappa shape index (κ1) is 13.1. The molecule has 1 saturated carbocycles. The Morgan fingerprint density at radius 2 is 1.70 bits per heavy atom. The summed E-state index contributed by atoms with van der Waals surface area (Å²) in [6.45, 7) is 0.544. The fourth-order valence-electron chi connectivity index (χ4n) is 3.38. The third-order valence-electron chi connectivity index (χ3n) is 4.55. The van der Waals surface area contributed by atoms with Gasteiger partial charge < -0.3 is 10.2 Å². The van der Waals surface area contributed by atoms with E-state index in [4.69, 9.17) is 0 Å². The molecule has 5 nitrogen and oxygen atoms in total. The number of carboxylic acid groups (broad SMARTS) is 2. The lowest BCUT2D eigenvalue weighted by Crippen LogP contribution is -2.28. The van der Waals surface area contributed by atoms with Gasteiger partial charge in [-0.2, -0.15) is 0 Å². The van der Waals surface area contributed by atoms with Gasteiger partial charge in [0.15, 0.2) is 0 Å². The molecule has 1 aromatic carbocycles. The summed E-state index contributed by atoms with van der Waals surface area (Å²) in [7, 11) is 0. The Labute approximate surface area is 114 Å². The summed E-state index contributed by atoms with van der Waals surface area (Å²) < 4.78 is 13.6. The number of nitrogens with zero attached hydrogens (tertiary/aromatic N) is 1. The van der Waals surface area contributed by atoms with Crippen LogP contribution in [0, 0.1) is 16.6 Å². The molecule has 20 heavy (non-hydrogen) atoms. The number of carbonyl (C=O) groups is 2. The highest BCUT2D eigenvalue weighted by atomic mass is 19.1. The highest BCUT2D eigenvalue weighted by molar-refractivity contribution is 5.94. The van der Waals surface area contributed by atoms with Crippen molar-refractivity contribution in [2.45, 2.75) is 13.0 Å². The molecule has 2 fully saturated rings. The maximum atomic E-state index is 13.6. The number of piperidine rings is 1. The van der Waals surface area contributed by atoms with E-state index in [1.165, 1.54) is 6.07 Å². The average molecular weight is 279 g/mol. The predicted octanol–water partition coefficient (Wildman–Crippen LogP) is 1.19. The zero-order chi connectivity index (χ0) is 14.5. The molecule has 2 atom stereocenters. The Balaban J connectivity index is 1.82. The van der Waals surface area contributed by atoms with E-state index in [0.717, 1.165) is 0 Å². The van der Waals surface area contributed by atoms with Gasteiger partial charge >= 0.3 is 11.9 Å². The molecule has 0 unspecified atom stereocenters. The molecular weight excluding hydrogens is 265 g/mol. The predicted molar refractivity (Wildman–Crippen MR) is 66.4 cm³/mol. The van der Waals surface area contributed by atoms with Crippen LogP contribution in [0.2, 0.25) is 0 Å². The van der Waals surface area contributed by atoms with Gasteiger partial charge in [0.1, 0.15) is 5.82 Å². The molecule has 1 aliphatic heterocycles. The second-order valence-electron chi connectivity index (χ2n) is 5.69. The van der Waals surface area contributed by atoms with E-state index in [9.17, 15) is 24.2 Å². The summed E-state index contributed by atoms with van der Waals surface area (Å²) in [6, 6.07) is 6.25. The van der Waals surface area contributed by atoms with Gasteiger partial charge in [-0.1, -0.05) is 18.2 Å². The van der Waals surface area contributed by atoms with Gasteiger partial charge in [-0.3, -0.25) is 14.5 Å². The number of rotatable bonds is 4. The van der Waals surface area contributed by atoms with Crippen LogP contribution in [0.25, 0.3) is 0 Å². The van der Waals surface area contributed by atoms with E-state index in [1.54, 1.807) is 23.1 Å². The molecule has 106 valence electrons. The zero-order valence-electron chi connectivity index (χ0n) is 10.7. The summed E-state index contributed by atoms with van der Waals surface area (Å²) >= 11 is 0. The fraction of sp³-hybridized carbons (Fsp3) is 0.429. The minimum absolute atomic E-state index is 0.156. The van der Waals surface area contributed by atoms with E-state index in [-0.39, 0.29) is 31.9 Å². The SMILES string of the molecule is O=C(O)[C@@]12CN(Cc3ccccc3F)C[C@]1(C(=O)O)C2. The van der Waals surface area contributed by atoms with E-state index >= 15 is 0 Å². The van der Waals surface area contributed by atoms with Gasteiger partial charge in [-0.15, -0.1) is 0 Å². The summed E-state index contributed by atoms with van der Waals surface area (Å²) in [5.41, 5.74) is -1.95. The largest absolute Gasteiger partial charge is 0.481 e. The van der Waals surface area contributed by atoms with Crippen LogP contribution in [0.1, 0.15) is 12.0 Å². The van der Waals surface area contributed by atoms with Crippen LogP contribution in [0.5, 0.6) is 0 Å². The molecule has 0 amide bonds. The molecule has 1 aliphatic carbocycles. The van der Waals surface area contributed by atoms with Crippen LogP contribution in [0.15, 0.2) is 24.3 Å². The molecule has 1 heterocycles. The topological polar surface area (TPSA) is 77.8 Å². The van der Waals surface area contributed by atoms with Gasteiger partial charge in [0.2, 0.25) is 0 Å². The smallest absolute Gasteiger partial charge is 0.312 e. The van der Waals surface area contributed by atoms with Crippen LogP contribution >= 0.6 is 0 Å². The second kappa shape index (κ2) is 4.02. The Hall–Kier alpha value is -1.95. The normalized spacial score (nSPS) is 31.9. The Kier molecular flexibility index (Phi) is 2.62. The van der Waals surface area contributed by atoms with Gasteiger partial charge in [-0.05, 0) is 12.5 Å². The lowest BCUT2D eigenvalue weighted by Gasteiger charge is -2.19. The van der Waals surface area contributed by atoms with Crippen LogP contribution in [-0.4, -0.2) is 40.1 Å². The third-order valence-corrected chi connectivity index (χ3v) is 4.55. The fourth-order valence-corrected chi connectivity index (χ4v) is 3.38. The quantitative estimate of drug-likeness (QED) is 0.865. The number of likely N-dealkylation sites (tertiary alicyclic amines) is 1. The van der Waals surface area contributed by atoms with Crippen molar-refractivity contribution >= 4 is 11.9 Å². The third kappa shape index (κ3) is 1.57. The number of hydrogen-bond acceptors (Lipinski definition) is 3. The van der Waals surface area contributed by atoms with Crippen molar-refractivity contribution in [3.8, 4) is 0 Å². The first-order valence-electron chi connectivity index (χ1n) is 6.34. The summed E-state index contributed by atoms with van der Waals surface area (Å²) in [5, 5.41) is 18.6. The minimum Gasteiger partial charge on any atom is -0.481 e. The molecule has 0 radical (unpaired) electrons. The van der Waals surface area contributed by atoms with E-state index in [0.29, 0.717) is 5.56 Å². The minimum atomic E-state index is -1.20. The summed E-state index contributed by atoms with van der Waals surface area (Å²) in [5.74, 6) is -2.51.